The summed E-state index contributed by atoms with van der Waals surface area (Å²) in [5.74, 6) is -0.537. The molecule has 0 spiro atoms. The molecule has 1 saturated heterocycles. The van der Waals surface area contributed by atoms with Crippen molar-refractivity contribution in [3.63, 3.8) is 0 Å². The van der Waals surface area contributed by atoms with Crippen LogP contribution >= 0.6 is 11.6 Å². The highest BCUT2D eigenvalue weighted by molar-refractivity contribution is 6.33. The van der Waals surface area contributed by atoms with E-state index in [0.29, 0.717) is 33.5 Å². The van der Waals surface area contributed by atoms with Crippen LogP contribution in [0, 0.1) is 0 Å². The third-order valence-electron chi connectivity index (χ3n) is 6.22. The molecule has 0 aliphatic carbocycles. The lowest BCUT2D eigenvalue weighted by Gasteiger charge is -2.24. The van der Waals surface area contributed by atoms with Crippen LogP contribution in [0.25, 0.3) is 0 Å². The van der Waals surface area contributed by atoms with Crippen molar-refractivity contribution in [2.75, 3.05) is 30.9 Å². The van der Waals surface area contributed by atoms with Gasteiger partial charge in [0.2, 0.25) is 5.91 Å². The number of carbonyl (C=O) groups excluding carboxylic acids is 2. The van der Waals surface area contributed by atoms with E-state index < -0.39 is 24.2 Å². The smallest absolute Gasteiger partial charge is 0.335 e. The summed E-state index contributed by atoms with van der Waals surface area (Å²) < 4.78 is 25.4. The first-order valence-corrected chi connectivity index (χ1v) is 12.5. The van der Waals surface area contributed by atoms with Crippen molar-refractivity contribution in [3.05, 3.63) is 82.9 Å². The number of para-hydroxylation sites is 1. The minimum atomic E-state index is -1.17. The Labute approximate surface area is 229 Å². The Morgan fingerprint density at radius 1 is 1.05 bits per heavy atom. The first-order chi connectivity index (χ1) is 18.7. The van der Waals surface area contributed by atoms with Crippen LogP contribution in [0.2, 0.25) is 5.02 Å². The zero-order valence-electron chi connectivity index (χ0n) is 21.0. The van der Waals surface area contributed by atoms with Gasteiger partial charge < -0.3 is 30.1 Å². The van der Waals surface area contributed by atoms with E-state index in [9.17, 15) is 18.8 Å². The molecule has 3 aromatic rings. The van der Waals surface area contributed by atoms with E-state index in [-0.39, 0.29) is 37.5 Å². The summed E-state index contributed by atoms with van der Waals surface area (Å²) in [7, 11) is 1.45. The summed E-state index contributed by atoms with van der Waals surface area (Å²) in [5, 5.41) is 14.8. The van der Waals surface area contributed by atoms with Gasteiger partial charge in [0.1, 0.15) is 24.3 Å². The fourth-order valence-electron chi connectivity index (χ4n) is 4.27. The van der Waals surface area contributed by atoms with Crippen molar-refractivity contribution in [1.82, 2.24) is 4.90 Å². The zero-order chi connectivity index (χ0) is 27.9. The van der Waals surface area contributed by atoms with Gasteiger partial charge in [0.15, 0.2) is 0 Å². The second-order valence-corrected chi connectivity index (χ2v) is 9.35. The van der Waals surface area contributed by atoms with Crippen molar-refractivity contribution in [3.8, 4) is 11.5 Å². The summed E-state index contributed by atoms with van der Waals surface area (Å²) in [4.78, 5) is 38.0. The van der Waals surface area contributed by atoms with E-state index in [1.807, 2.05) is 0 Å². The fourth-order valence-corrected chi connectivity index (χ4v) is 4.46. The van der Waals surface area contributed by atoms with Crippen molar-refractivity contribution in [2.45, 2.75) is 25.1 Å². The van der Waals surface area contributed by atoms with Crippen LogP contribution in [0.5, 0.6) is 11.5 Å². The van der Waals surface area contributed by atoms with Gasteiger partial charge >= 0.3 is 12.0 Å². The molecule has 0 unspecified atom stereocenters. The van der Waals surface area contributed by atoms with E-state index in [1.165, 1.54) is 36.3 Å². The van der Waals surface area contributed by atoms with Gasteiger partial charge in [-0.05, 0) is 54.1 Å². The molecule has 0 saturated carbocycles. The topological polar surface area (TPSA) is 117 Å². The van der Waals surface area contributed by atoms with Gasteiger partial charge in [-0.15, -0.1) is 0 Å². The Kier molecular flexibility index (Phi) is 8.88. The molecule has 1 fully saturated rings. The predicted octanol–water partition coefficient (Wildman–Crippen LogP) is 5.25. The molecule has 2 atom stereocenters. The van der Waals surface area contributed by atoms with Gasteiger partial charge in [-0.2, -0.15) is 0 Å². The molecular formula is C28H27ClFN3O6. The number of ether oxygens (including phenoxy) is 2. The van der Waals surface area contributed by atoms with E-state index in [4.69, 9.17) is 26.2 Å². The monoisotopic (exact) mass is 555 g/mol. The molecule has 4 rings (SSSR count). The number of anilines is 2. The van der Waals surface area contributed by atoms with Crippen molar-refractivity contribution >= 4 is 40.9 Å². The van der Waals surface area contributed by atoms with E-state index in [0.717, 1.165) is 0 Å². The number of nitrogens with one attached hydrogen (secondary N) is 2. The van der Waals surface area contributed by atoms with Gasteiger partial charge in [0.25, 0.3) is 0 Å². The molecule has 0 aromatic heterocycles. The van der Waals surface area contributed by atoms with Gasteiger partial charge in [-0.3, -0.25) is 4.79 Å². The average Bonchev–Trinajstić information content (AvgIpc) is 3.30. The lowest BCUT2D eigenvalue weighted by Crippen LogP contribution is -2.40. The number of rotatable bonds is 9. The summed E-state index contributed by atoms with van der Waals surface area (Å²) in [6.07, 6.45) is -1.03. The average molecular weight is 556 g/mol. The molecule has 1 aliphatic rings. The number of halogens is 2. The van der Waals surface area contributed by atoms with Gasteiger partial charge in [0, 0.05) is 6.42 Å². The number of nitrogens with zero attached hydrogens (tertiary/aromatic N) is 1. The van der Waals surface area contributed by atoms with E-state index in [1.54, 1.807) is 42.5 Å². The zero-order valence-corrected chi connectivity index (χ0v) is 21.8. The Morgan fingerprint density at radius 3 is 2.46 bits per heavy atom. The SMILES string of the molecule is COc1cc(CC(=O)N2C[C@@H](F)C[C@H]2COc2ccc(C(=O)O)cc2)ccc1NC(=O)Nc1ccccc1Cl. The van der Waals surface area contributed by atoms with E-state index >= 15 is 0 Å². The quantitative estimate of drug-likeness (QED) is 0.332. The predicted molar refractivity (Wildman–Crippen MR) is 145 cm³/mol. The van der Waals surface area contributed by atoms with Crippen molar-refractivity contribution < 1.29 is 33.4 Å². The maximum Gasteiger partial charge on any atom is 0.335 e. The van der Waals surface area contributed by atoms with Crippen LogP contribution in [0.15, 0.2) is 66.7 Å². The van der Waals surface area contributed by atoms with Gasteiger partial charge in [-0.1, -0.05) is 29.8 Å². The summed E-state index contributed by atoms with van der Waals surface area (Å²) >= 11 is 6.09. The maximum atomic E-state index is 14.3. The number of aromatic carboxylic acids is 1. The molecule has 3 amide bonds. The standard InChI is InChI=1S/C28H27ClFN3O6/c1-38-25-12-17(6-11-24(25)32-28(37)31-23-5-3-2-4-22(23)29)13-26(34)33-15-19(30)14-20(33)16-39-21-9-7-18(8-10-21)27(35)36/h2-12,19-20H,13-16H2,1H3,(H,35,36)(H2,31,32,37)/t19-,20-/m0/s1. The first kappa shape index (κ1) is 27.7. The minimum absolute atomic E-state index is 0.00100. The lowest BCUT2D eigenvalue weighted by atomic mass is 10.1. The second kappa shape index (κ2) is 12.5. The number of likely N-dealkylation sites (tertiary alicyclic amines) is 1. The molecule has 0 radical (unpaired) electrons. The van der Waals surface area contributed by atoms with Gasteiger partial charge in [0.05, 0.1) is 48.1 Å². The summed E-state index contributed by atoms with van der Waals surface area (Å²) in [6.45, 7) is 0.0368. The summed E-state index contributed by atoms with van der Waals surface area (Å²) in [6, 6.07) is 16.7. The van der Waals surface area contributed by atoms with Gasteiger partial charge in [-0.25, -0.2) is 14.0 Å². The van der Waals surface area contributed by atoms with E-state index in [2.05, 4.69) is 10.6 Å². The number of benzene rings is 3. The Morgan fingerprint density at radius 2 is 1.77 bits per heavy atom. The molecule has 0 bridgehead atoms. The second-order valence-electron chi connectivity index (χ2n) is 8.94. The first-order valence-electron chi connectivity index (χ1n) is 12.1. The number of hydrogen-bond donors (Lipinski definition) is 3. The molecule has 39 heavy (non-hydrogen) atoms. The molecule has 3 aromatic carbocycles. The Bertz CT molecular complexity index is 1350. The Balaban J connectivity index is 1.37. The van der Waals surface area contributed by atoms with Crippen molar-refractivity contribution in [1.29, 1.82) is 0 Å². The summed E-state index contributed by atoms with van der Waals surface area (Å²) in [5.41, 5.74) is 1.59. The Hall–Kier alpha value is -4.31. The third-order valence-corrected chi connectivity index (χ3v) is 6.55. The minimum Gasteiger partial charge on any atom is -0.495 e. The molecule has 204 valence electrons. The largest absolute Gasteiger partial charge is 0.495 e. The fraction of sp³-hybridized carbons (Fsp3) is 0.250. The molecule has 11 heteroatoms. The van der Waals surface area contributed by atoms with Crippen LogP contribution in [-0.2, 0) is 11.2 Å². The highest BCUT2D eigenvalue weighted by Gasteiger charge is 2.35. The number of carbonyl (C=O) groups is 3. The number of urea groups is 1. The highest BCUT2D eigenvalue weighted by atomic mass is 35.5. The number of carboxylic acids is 1. The molecule has 3 N–H and O–H groups in total. The van der Waals surface area contributed by atoms with Crippen LogP contribution in [0.4, 0.5) is 20.6 Å². The molecule has 9 nitrogen and oxygen atoms in total. The maximum absolute atomic E-state index is 14.3. The number of methoxy groups -OCH3 is 1. The van der Waals surface area contributed by atoms with Crippen molar-refractivity contribution in [2.24, 2.45) is 0 Å². The normalized spacial score (nSPS) is 16.4. The number of alkyl halides is 1. The number of amides is 3. The third kappa shape index (κ3) is 7.17. The van der Waals surface area contributed by atoms with Crippen LogP contribution in [-0.4, -0.2) is 60.4 Å². The highest BCUT2D eigenvalue weighted by Crippen LogP contribution is 2.28. The molecular weight excluding hydrogens is 529 g/mol. The number of hydrogen-bond acceptors (Lipinski definition) is 5. The number of carboxylic acid groups (broad SMARTS) is 1. The molecule has 1 aliphatic heterocycles. The lowest BCUT2D eigenvalue weighted by molar-refractivity contribution is -0.132. The van der Waals surface area contributed by atoms with Crippen LogP contribution in [0.3, 0.4) is 0 Å². The van der Waals surface area contributed by atoms with Crippen LogP contribution in [0.1, 0.15) is 22.3 Å². The molecule has 1 heterocycles. The van der Waals surface area contributed by atoms with Crippen LogP contribution < -0.4 is 20.1 Å².